The van der Waals surface area contributed by atoms with Crippen molar-refractivity contribution in [1.29, 1.82) is 0 Å². The molecule has 0 saturated heterocycles. The van der Waals surface area contributed by atoms with Crippen LogP contribution in [0.15, 0.2) is 29.6 Å². The number of hydrogen-bond donors (Lipinski definition) is 1. The fraction of sp³-hybridized carbons (Fsp3) is 0.429. The Balaban J connectivity index is 2.16. The molecule has 5 heteroatoms. The average Bonchev–Trinajstić information content (AvgIpc) is 3.02. The number of rotatable bonds is 6. The maximum atomic E-state index is 6.07. The lowest BCUT2D eigenvalue weighted by molar-refractivity contribution is 0.551. The van der Waals surface area contributed by atoms with E-state index in [2.05, 4.69) is 49.0 Å². The molecule has 0 spiro atoms. The van der Waals surface area contributed by atoms with Gasteiger partial charge in [-0.15, -0.1) is 22.7 Å². The molecule has 0 fully saturated rings. The summed E-state index contributed by atoms with van der Waals surface area (Å²) in [7, 11) is 0. The van der Waals surface area contributed by atoms with Crippen LogP contribution in [0, 0.1) is 0 Å². The normalized spacial score (nSPS) is 13.7. The van der Waals surface area contributed by atoms with Gasteiger partial charge in [0.15, 0.2) is 0 Å². The van der Waals surface area contributed by atoms with Gasteiger partial charge in [0.05, 0.1) is 10.4 Å². The Morgan fingerprint density at radius 2 is 2.11 bits per heavy atom. The van der Waals surface area contributed by atoms with E-state index in [-0.39, 0.29) is 10.8 Å². The summed E-state index contributed by atoms with van der Waals surface area (Å²) in [6.07, 6.45) is 2.16. The lowest BCUT2D eigenvalue weighted by Crippen LogP contribution is -2.34. The molecule has 0 amide bonds. The molecule has 1 nitrogen and oxygen atoms in total. The zero-order valence-electron chi connectivity index (χ0n) is 11.3. The number of thiophene rings is 2. The highest BCUT2D eigenvalue weighted by Crippen LogP contribution is 2.33. The Bertz CT molecular complexity index is 505. The highest BCUT2D eigenvalue weighted by molar-refractivity contribution is 7.99. The minimum Gasteiger partial charge on any atom is -0.304 e. The van der Waals surface area contributed by atoms with Crippen LogP contribution in [0.1, 0.15) is 29.6 Å². The summed E-state index contributed by atoms with van der Waals surface area (Å²) >= 11 is 11.4. The summed E-state index contributed by atoms with van der Waals surface area (Å²) in [4.78, 5) is 2.62. The van der Waals surface area contributed by atoms with Crippen molar-refractivity contribution in [2.75, 3.05) is 12.8 Å². The SMILES string of the molecule is CSC(C)(C)CNC(c1cccs1)c1ccc(Cl)s1. The summed E-state index contributed by atoms with van der Waals surface area (Å²) in [5, 5.41) is 5.81. The molecular weight excluding hydrogens is 314 g/mol. The van der Waals surface area contributed by atoms with Gasteiger partial charge < -0.3 is 5.32 Å². The van der Waals surface area contributed by atoms with Gasteiger partial charge in [-0.25, -0.2) is 0 Å². The molecule has 0 saturated carbocycles. The summed E-state index contributed by atoms with van der Waals surface area (Å²) in [5.41, 5.74) is 0. The summed E-state index contributed by atoms with van der Waals surface area (Å²) in [6, 6.07) is 8.63. The van der Waals surface area contributed by atoms with E-state index in [1.165, 1.54) is 9.75 Å². The van der Waals surface area contributed by atoms with Gasteiger partial charge in [-0.3, -0.25) is 0 Å². The molecule has 2 aromatic heterocycles. The monoisotopic (exact) mass is 331 g/mol. The molecule has 0 bridgehead atoms. The van der Waals surface area contributed by atoms with Gasteiger partial charge in [0.2, 0.25) is 0 Å². The molecule has 0 aromatic carbocycles. The Morgan fingerprint density at radius 3 is 2.63 bits per heavy atom. The van der Waals surface area contributed by atoms with Crippen molar-refractivity contribution >= 4 is 46.0 Å². The highest BCUT2D eigenvalue weighted by Gasteiger charge is 2.22. The van der Waals surface area contributed by atoms with Crippen LogP contribution in [-0.4, -0.2) is 17.5 Å². The second-order valence-electron chi connectivity index (χ2n) is 4.94. The lowest BCUT2D eigenvalue weighted by atomic mass is 10.1. The molecule has 0 aliphatic rings. The van der Waals surface area contributed by atoms with Crippen LogP contribution in [0.3, 0.4) is 0 Å². The topological polar surface area (TPSA) is 12.0 Å². The average molecular weight is 332 g/mol. The third-order valence-corrected chi connectivity index (χ3v) is 6.47. The molecule has 2 heterocycles. The summed E-state index contributed by atoms with van der Waals surface area (Å²) in [6.45, 7) is 5.49. The fourth-order valence-electron chi connectivity index (χ4n) is 1.70. The molecule has 1 atom stereocenters. The van der Waals surface area contributed by atoms with Crippen molar-refractivity contribution in [3.8, 4) is 0 Å². The van der Waals surface area contributed by atoms with Gasteiger partial charge in [-0.05, 0) is 43.7 Å². The lowest BCUT2D eigenvalue weighted by Gasteiger charge is -2.26. The standard InChI is InChI=1S/C14H18ClNS3/c1-14(2,17-3)9-16-13(10-5-4-8-18-10)11-6-7-12(15)19-11/h4-8,13,16H,9H2,1-3H3. The molecule has 0 aliphatic heterocycles. The number of thioether (sulfide) groups is 1. The summed E-state index contributed by atoms with van der Waals surface area (Å²) in [5.74, 6) is 0. The van der Waals surface area contributed by atoms with E-state index in [0.717, 1.165) is 10.9 Å². The Labute approximate surface area is 132 Å². The minimum absolute atomic E-state index is 0.233. The van der Waals surface area contributed by atoms with E-state index < -0.39 is 0 Å². The van der Waals surface area contributed by atoms with E-state index in [1.54, 1.807) is 22.7 Å². The maximum absolute atomic E-state index is 6.07. The molecule has 0 radical (unpaired) electrons. The van der Waals surface area contributed by atoms with Crippen LogP contribution in [0.4, 0.5) is 0 Å². The van der Waals surface area contributed by atoms with Crippen molar-refractivity contribution in [1.82, 2.24) is 5.32 Å². The third-order valence-electron chi connectivity index (χ3n) is 2.99. The van der Waals surface area contributed by atoms with Crippen LogP contribution in [0.2, 0.25) is 4.34 Å². The van der Waals surface area contributed by atoms with Gasteiger partial charge >= 0.3 is 0 Å². The van der Waals surface area contributed by atoms with Gasteiger partial charge in [-0.1, -0.05) is 17.7 Å². The van der Waals surface area contributed by atoms with Crippen LogP contribution >= 0.6 is 46.0 Å². The van der Waals surface area contributed by atoms with E-state index >= 15 is 0 Å². The zero-order chi connectivity index (χ0) is 13.9. The molecule has 104 valence electrons. The predicted octanol–water partition coefficient (Wildman–Crippen LogP) is 5.28. The van der Waals surface area contributed by atoms with E-state index in [0.29, 0.717) is 0 Å². The van der Waals surface area contributed by atoms with Crippen molar-refractivity contribution < 1.29 is 0 Å². The van der Waals surface area contributed by atoms with Gasteiger partial charge in [-0.2, -0.15) is 11.8 Å². The second-order valence-corrected chi connectivity index (χ2v) is 9.17. The quantitative estimate of drug-likeness (QED) is 0.772. The molecule has 2 aromatic rings. The molecular formula is C14H18ClNS3. The first kappa shape index (κ1) is 15.4. The molecule has 0 aliphatic carbocycles. The molecule has 2 rings (SSSR count). The van der Waals surface area contributed by atoms with E-state index in [9.17, 15) is 0 Å². The van der Waals surface area contributed by atoms with Crippen molar-refractivity contribution in [2.45, 2.75) is 24.6 Å². The molecule has 19 heavy (non-hydrogen) atoms. The largest absolute Gasteiger partial charge is 0.304 e. The van der Waals surface area contributed by atoms with E-state index in [4.69, 9.17) is 11.6 Å². The smallest absolute Gasteiger partial charge is 0.0931 e. The van der Waals surface area contributed by atoms with Crippen molar-refractivity contribution in [2.24, 2.45) is 0 Å². The van der Waals surface area contributed by atoms with Crippen LogP contribution in [-0.2, 0) is 0 Å². The highest BCUT2D eigenvalue weighted by atomic mass is 35.5. The zero-order valence-corrected chi connectivity index (χ0v) is 14.5. The number of hydrogen-bond acceptors (Lipinski definition) is 4. The second kappa shape index (κ2) is 6.64. The first-order chi connectivity index (χ1) is 9.02. The number of halogens is 1. The summed E-state index contributed by atoms with van der Waals surface area (Å²) < 4.78 is 1.08. The van der Waals surface area contributed by atoms with Crippen LogP contribution in [0.5, 0.6) is 0 Å². The fourth-order valence-corrected chi connectivity index (χ4v) is 3.98. The first-order valence-corrected chi connectivity index (χ1v) is 9.39. The minimum atomic E-state index is 0.233. The molecule has 1 N–H and O–H groups in total. The van der Waals surface area contributed by atoms with Crippen molar-refractivity contribution in [3.63, 3.8) is 0 Å². The number of nitrogens with one attached hydrogen (secondary N) is 1. The Hall–Kier alpha value is -0.0000000000000000278. The van der Waals surface area contributed by atoms with Gasteiger partial charge in [0.1, 0.15) is 0 Å². The van der Waals surface area contributed by atoms with Crippen LogP contribution < -0.4 is 5.32 Å². The van der Waals surface area contributed by atoms with Gasteiger partial charge in [0, 0.05) is 21.0 Å². The maximum Gasteiger partial charge on any atom is 0.0931 e. The predicted molar refractivity (Wildman–Crippen MR) is 91.1 cm³/mol. The first-order valence-electron chi connectivity index (χ1n) is 6.09. The Kier molecular flexibility index (Phi) is 5.37. The third kappa shape index (κ3) is 4.23. The van der Waals surface area contributed by atoms with Crippen LogP contribution in [0.25, 0.3) is 0 Å². The molecule has 1 unspecified atom stereocenters. The van der Waals surface area contributed by atoms with E-state index in [1.807, 2.05) is 17.8 Å². The van der Waals surface area contributed by atoms with Crippen molar-refractivity contribution in [3.05, 3.63) is 43.7 Å². The van der Waals surface area contributed by atoms with Gasteiger partial charge in [0.25, 0.3) is 0 Å². The Morgan fingerprint density at radius 1 is 1.32 bits per heavy atom.